The molecule has 0 radical (unpaired) electrons. The predicted octanol–water partition coefficient (Wildman–Crippen LogP) is 7.59. The van der Waals surface area contributed by atoms with Gasteiger partial charge in [0.2, 0.25) is 0 Å². The third-order valence-electron chi connectivity index (χ3n) is 6.62. The van der Waals surface area contributed by atoms with Gasteiger partial charge in [-0.05, 0) is 60.0 Å². The number of alkyl halides is 1. The fraction of sp³-hybridized carbons (Fsp3) is 0.219. The summed E-state index contributed by atoms with van der Waals surface area (Å²) >= 11 is 3.56. The molecule has 0 N–H and O–H groups in total. The fourth-order valence-corrected chi connectivity index (χ4v) is 4.72. The van der Waals surface area contributed by atoms with Crippen LogP contribution in [0.15, 0.2) is 82.0 Å². The minimum Gasteiger partial charge on any atom is -0.497 e. The molecule has 1 aromatic heterocycles. The summed E-state index contributed by atoms with van der Waals surface area (Å²) in [4.78, 5) is 12.9. The zero-order valence-corrected chi connectivity index (χ0v) is 24.2. The third-order valence-corrected chi connectivity index (χ3v) is 7.14. The second kappa shape index (κ2) is 11.9. The van der Waals surface area contributed by atoms with Crippen LogP contribution in [-0.2, 0) is 13.2 Å². The molecule has 0 bridgehead atoms. The summed E-state index contributed by atoms with van der Waals surface area (Å²) in [5.41, 5.74) is 2.92. The van der Waals surface area contributed by atoms with Gasteiger partial charge in [-0.25, -0.2) is 4.79 Å². The highest BCUT2D eigenvalue weighted by Gasteiger charge is 2.15. The van der Waals surface area contributed by atoms with Gasteiger partial charge in [0.05, 0.1) is 26.7 Å². The summed E-state index contributed by atoms with van der Waals surface area (Å²) in [6.07, 6.45) is 0. The Hall–Kier alpha value is -4.17. The molecule has 8 heteroatoms. The van der Waals surface area contributed by atoms with Crippen molar-refractivity contribution in [1.29, 1.82) is 0 Å². The van der Waals surface area contributed by atoms with Gasteiger partial charge in [-0.2, -0.15) is 0 Å². The predicted molar refractivity (Wildman–Crippen MR) is 159 cm³/mol. The third kappa shape index (κ3) is 5.87. The van der Waals surface area contributed by atoms with Crippen LogP contribution in [0.2, 0.25) is 0 Å². The van der Waals surface area contributed by atoms with Crippen molar-refractivity contribution in [3.05, 3.63) is 99.9 Å². The average molecular weight is 605 g/mol. The maximum absolute atomic E-state index is 12.8. The molecule has 1 unspecified atom stereocenters. The molecule has 0 saturated heterocycles. The number of benzene rings is 4. The van der Waals surface area contributed by atoms with Gasteiger partial charge in [0, 0.05) is 27.7 Å². The van der Waals surface area contributed by atoms with Crippen LogP contribution in [-0.4, -0.2) is 21.3 Å². The molecule has 40 heavy (non-hydrogen) atoms. The lowest BCUT2D eigenvalue weighted by atomic mass is 10.0. The molecule has 0 fully saturated rings. The summed E-state index contributed by atoms with van der Waals surface area (Å²) < 4.78 is 34.0. The number of hydrogen-bond acceptors (Lipinski definition) is 7. The first kappa shape index (κ1) is 27.4. The second-order valence-electron chi connectivity index (χ2n) is 9.25. The molecular formula is C32H29BrO7. The van der Waals surface area contributed by atoms with Gasteiger partial charge in [-0.15, -0.1) is 0 Å². The minimum absolute atomic E-state index is 0.120. The zero-order valence-electron chi connectivity index (χ0n) is 22.7. The van der Waals surface area contributed by atoms with E-state index in [2.05, 4.69) is 15.9 Å². The standard InChI is InChI=1S/C32H29BrO7/c1-19(33)22-7-10-26-27-15-30(37-4)31(16-29(27)40-32(34)28(26)13-22)39-17-20-5-8-23(9-6-20)38-18-21-11-24(35-2)14-25(12-21)36-3/h5-16,19H,17-18H2,1-4H3. The summed E-state index contributed by atoms with van der Waals surface area (Å²) in [7, 11) is 4.82. The Morgan fingerprint density at radius 2 is 1.38 bits per heavy atom. The van der Waals surface area contributed by atoms with Crippen molar-refractivity contribution in [2.45, 2.75) is 25.0 Å². The molecule has 7 nitrogen and oxygen atoms in total. The van der Waals surface area contributed by atoms with E-state index in [4.69, 9.17) is 28.1 Å². The molecule has 5 rings (SSSR count). The Morgan fingerprint density at radius 1 is 0.675 bits per heavy atom. The first-order valence-corrected chi connectivity index (χ1v) is 13.6. The summed E-state index contributed by atoms with van der Waals surface area (Å²) in [6, 6.07) is 22.6. The topological polar surface area (TPSA) is 76.4 Å². The maximum atomic E-state index is 12.8. The fourth-order valence-electron chi connectivity index (χ4n) is 4.44. The largest absolute Gasteiger partial charge is 0.497 e. The highest BCUT2D eigenvalue weighted by molar-refractivity contribution is 9.09. The first-order chi connectivity index (χ1) is 19.4. The summed E-state index contributed by atoms with van der Waals surface area (Å²) in [6.45, 7) is 2.67. The Kier molecular flexibility index (Phi) is 8.16. The van der Waals surface area contributed by atoms with Crippen molar-refractivity contribution in [2.24, 2.45) is 0 Å². The molecule has 1 heterocycles. The van der Waals surface area contributed by atoms with Crippen LogP contribution < -0.4 is 29.3 Å². The first-order valence-electron chi connectivity index (χ1n) is 12.7. The molecule has 206 valence electrons. The smallest absolute Gasteiger partial charge is 0.344 e. The van der Waals surface area contributed by atoms with Crippen molar-refractivity contribution in [3.8, 4) is 28.7 Å². The monoisotopic (exact) mass is 604 g/mol. The van der Waals surface area contributed by atoms with Gasteiger partial charge in [-0.1, -0.05) is 40.2 Å². The lowest BCUT2D eigenvalue weighted by Crippen LogP contribution is -2.03. The molecule has 0 spiro atoms. The van der Waals surface area contributed by atoms with Crippen LogP contribution in [0.1, 0.15) is 28.4 Å². The number of hydrogen-bond donors (Lipinski definition) is 0. The molecule has 5 aromatic rings. The van der Waals surface area contributed by atoms with Crippen molar-refractivity contribution in [1.82, 2.24) is 0 Å². The quantitative estimate of drug-likeness (QED) is 0.0923. The van der Waals surface area contributed by atoms with E-state index in [-0.39, 0.29) is 4.83 Å². The van der Waals surface area contributed by atoms with Gasteiger partial charge in [0.25, 0.3) is 0 Å². The molecule has 1 atom stereocenters. The van der Waals surface area contributed by atoms with E-state index >= 15 is 0 Å². The molecule has 0 aliphatic carbocycles. The lowest BCUT2D eigenvalue weighted by molar-refractivity contribution is 0.283. The number of fused-ring (bicyclic) bond motifs is 3. The van der Waals surface area contributed by atoms with Gasteiger partial charge >= 0.3 is 5.63 Å². The average Bonchev–Trinajstić information content (AvgIpc) is 2.98. The van der Waals surface area contributed by atoms with Crippen LogP contribution in [0.5, 0.6) is 28.7 Å². The van der Waals surface area contributed by atoms with Gasteiger partial charge in [0.15, 0.2) is 11.5 Å². The number of methoxy groups -OCH3 is 3. The van der Waals surface area contributed by atoms with E-state index in [0.717, 1.165) is 33.2 Å². The van der Waals surface area contributed by atoms with Gasteiger partial charge in [-0.3, -0.25) is 0 Å². The van der Waals surface area contributed by atoms with E-state index in [1.54, 1.807) is 27.4 Å². The Labute approximate surface area is 240 Å². The number of rotatable bonds is 10. The van der Waals surface area contributed by atoms with E-state index < -0.39 is 5.63 Å². The zero-order chi connectivity index (χ0) is 28.2. The van der Waals surface area contributed by atoms with Crippen molar-refractivity contribution >= 4 is 37.7 Å². The summed E-state index contributed by atoms with van der Waals surface area (Å²) in [5, 5.41) is 2.11. The minimum atomic E-state index is -0.392. The van der Waals surface area contributed by atoms with Crippen molar-refractivity contribution < 1.29 is 28.1 Å². The summed E-state index contributed by atoms with van der Waals surface area (Å²) in [5.74, 6) is 3.17. The Morgan fingerprint density at radius 3 is 2.02 bits per heavy atom. The SMILES string of the molecule is COc1cc(COc2ccc(COc3cc4oc(=O)c5cc(C(C)Br)ccc5c4cc3OC)cc2)cc(OC)c1. The molecule has 0 amide bonds. The molecule has 0 saturated carbocycles. The van der Waals surface area contributed by atoms with E-state index in [1.165, 1.54) is 0 Å². The molecule has 4 aromatic carbocycles. The van der Waals surface area contributed by atoms with Crippen LogP contribution in [0.4, 0.5) is 0 Å². The van der Waals surface area contributed by atoms with E-state index in [0.29, 0.717) is 47.2 Å². The Bertz CT molecular complexity index is 1690. The van der Waals surface area contributed by atoms with Gasteiger partial charge in [0.1, 0.15) is 36.0 Å². The van der Waals surface area contributed by atoms with Gasteiger partial charge < -0.3 is 28.1 Å². The van der Waals surface area contributed by atoms with Crippen LogP contribution in [0, 0.1) is 0 Å². The highest BCUT2D eigenvalue weighted by Crippen LogP contribution is 2.36. The van der Waals surface area contributed by atoms with Crippen molar-refractivity contribution in [2.75, 3.05) is 21.3 Å². The number of halogens is 1. The van der Waals surface area contributed by atoms with E-state index in [1.807, 2.05) is 73.7 Å². The molecule has 0 aliphatic heterocycles. The number of ether oxygens (including phenoxy) is 5. The highest BCUT2D eigenvalue weighted by atomic mass is 79.9. The second-order valence-corrected chi connectivity index (χ2v) is 10.6. The molecule has 0 aliphatic rings. The van der Waals surface area contributed by atoms with Crippen LogP contribution in [0.3, 0.4) is 0 Å². The van der Waals surface area contributed by atoms with E-state index in [9.17, 15) is 4.79 Å². The van der Waals surface area contributed by atoms with Crippen LogP contribution >= 0.6 is 15.9 Å². The van der Waals surface area contributed by atoms with Crippen LogP contribution in [0.25, 0.3) is 21.7 Å². The normalized spacial score (nSPS) is 11.8. The maximum Gasteiger partial charge on any atom is 0.344 e. The van der Waals surface area contributed by atoms with Crippen molar-refractivity contribution in [3.63, 3.8) is 0 Å². The molecular weight excluding hydrogens is 576 g/mol. The Balaban J connectivity index is 1.31. The lowest BCUT2D eigenvalue weighted by Gasteiger charge is -2.14.